The number of carbonyl (C=O) groups is 1. The molecule has 23 heavy (non-hydrogen) atoms. The Morgan fingerprint density at radius 3 is 2.57 bits per heavy atom. The van der Waals surface area contributed by atoms with Crippen molar-refractivity contribution in [2.45, 2.75) is 44.3 Å². The SMILES string of the molecule is O=C(N[C@H]1C[C@@H]2C[C@@H]1[C@H]1CCC[C@H]21)c1ccccc1C(F)(F)F. The Kier molecular flexibility index (Phi) is 3.43. The van der Waals surface area contributed by atoms with E-state index in [1.54, 1.807) is 0 Å². The Bertz CT molecular complexity index is 627. The predicted octanol–water partition coefficient (Wildman–Crippen LogP) is 4.26. The second-order valence-corrected chi connectivity index (χ2v) is 7.28. The van der Waals surface area contributed by atoms with Gasteiger partial charge in [-0.2, -0.15) is 13.2 Å². The summed E-state index contributed by atoms with van der Waals surface area (Å²) in [6, 6.07) is 5.10. The van der Waals surface area contributed by atoms with Gasteiger partial charge in [0.2, 0.25) is 0 Å². The molecule has 5 atom stereocenters. The van der Waals surface area contributed by atoms with E-state index in [0.717, 1.165) is 24.8 Å². The number of nitrogens with one attached hydrogen (secondary N) is 1. The van der Waals surface area contributed by atoms with E-state index in [4.69, 9.17) is 0 Å². The Balaban J connectivity index is 1.52. The molecule has 1 amide bonds. The van der Waals surface area contributed by atoms with Crippen molar-refractivity contribution in [3.63, 3.8) is 0 Å². The van der Waals surface area contributed by atoms with Crippen molar-refractivity contribution in [1.29, 1.82) is 0 Å². The highest BCUT2D eigenvalue weighted by Crippen LogP contribution is 2.58. The molecule has 0 aromatic heterocycles. The molecule has 0 unspecified atom stereocenters. The van der Waals surface area contributed by atoms with E-state index in [1.165, 1.54) is 37.5 Å². The molecule has 3 aliphatic rings. The van der Waals surface area contributed by atoms with Gasteiger partial charge in [0.1, 0.15) is 0 Å². The van der Waals surface area contributed by atoms with Crippen LogP contribution in [0.3, 0.4) is 0 Å². The van der Waals surface area contributed by atoms with Gasteiger partial charge in [0.05, 0.1) is 11.1 Å². The summed E-state index contributed by atoms with van der Waals surface area (Å²) in [6.07, 6.45) is 1.35. The predicted molar refractivity (Wildman–Crippen MR) is 79.7 cm³/mol. The first-order valence-corrected chi connectivity index (χ1v) is 8.42. The topological polar surface area (TPSA) is 29.1 Å². The van der Waals surface area contributed by atoms with Crippen LogP contribution in [0.2, 0.25) is 0 Å². The minimum Gasteiger partial charge on any atom is -0.349 e. The molecular weight excluding hydrogens is 303 g/mol. The van der Waals surface area contributed by atoms with Crippen LogP contribution in [0, 0.1) is 23.7 Å². The fraction of sp³-hybridized carbons (Fsp3) is 0.611. The lowest BCUT2D eigenvalue weighted by atomic mass is 9.79. The van der Waals surface area contributed by atoms with E-state index in [2.05, 4.69) is 5.32 Å². The highest BCUT2D eigenvalue weighted by atomic mass is 19.4. The second-order valence-electron chi connectivity index (χ2n) is 7.28. The zero-order chi connectivity index (χ0) is 16.2. The van der Waals surface area contributed by atoms with Gasteiger partial charge in [-0.05, 0) is 61.5 Å². The summed E-state index contributed by atoms with van der Waals surface area (Å²) in [7, 11) is 0. The molecule has 2 nitrogen and oxygen atoms in total. The van der Waals surface area contributed by atoms with Crippen LogP contribution in [0.15, 0.2) is 24.3 Å². The third kappa shape index (κ3) is 2.45. The first-order valence-electron chi connectivity index (χ1n) is 8.42. The normalized spacial score (nSPS) is 35.3. The minimum atomic E-state index is -4.50. The lowest BCUT2D eigenvalue weighted by molar-refractivity contribution is -0.137. The molecule has 3 fully saturated rings. The standard InChI is InChI=1S/C18H20F3NO/c19-18(20,21)15-7-2-1-4-13(15)17(23)22-16-9-10-8-14(16)12-6-3-5-11(10)12/h1-2,4,7,10-12,14,16H,3,5-6,8-9H2,(H,22,23)/t10-,11+,12-,14+,16-/m0/s1. The van der Waals surface area contributed by atoms with E-state index >= 15 is 0 Å². The Morgan fingerprint density at radius 2 is 1.78 bits per heavy atom. The van der Waals surface area contributed by atoms with Gasteiger partial charge >= 0.3 is 6.18 Å². The molecular formula is C18H20F3NO. The zero-order valence-electron chi connectivity index (χ0n) is 12.8. The van der Waals surface area contributed by atoms with Gasteiger partial charge in [0.25, 0.3) is 5.91 Å². The van der Waals surface area contributed by atoms with E-state index in [-0.39, 0.29) is 11.6 Å². The molecule has 2 bridgehead atoms. The monoisotopic (exact) mass is 323 g/mol. The van der Waals surface area contributed by atoms with Crippen molar-refractivity contribution in [2.75, 3.05) is 0 Å². The van der Waals surface area contributed by atoms with Gasteiger partial charge in [0.15, 0.2) is 0 Å². The number of hydrogen-bond acceptors (Lipinski definition) is 1. The number of amides is 1. The van der Waals surface area contributed by atoms with Crippen LogP contribution in [-0.2, 0) is 6.18 Å². The Hall–Kier alpha value is -1.52. The van der Waals surface area contributed by atoms with Gasteiger partial charge < -0.3 is 5.32 Å². The molecule has 124 valence electrons. The summed E-state index contributed by atoms with van der Waals surface area (Å²) in [4.78, 5) is 12.4. The quantitative estimate of drug-likeness (QED) is 0.866. The molecule has 0 heterocycles. The van der Waals surface area contributed by atoms with Gasteiger partial charge in [-0.1, -0.05) is 18.6 Å². The largest absolute Gasteiger partial charge is 0.417 e. The molecule has 0 saturated heterocycles. The van der Waals surface area contributed by atoms with E-state index < -0.39 is 17.6 Å². The number of halogens is 3. The molecule has 1 aromatic carbocycles. The third-order valence-electron chi connectivity index (χ3n) is 6.22. The van der Waals surface area contributed by atoms with Crippen molar-refractivity contribution < 1.29 is 18.0 Å². The average molecular weight is 323 g/mol. The second kappa shape index (κ2) is 5.25. The highest BCUT2D eigenvalue weighted by Gasteiger charge is 2.54. The van der Waals surface area contributed by atoms with Crippen LogP contribution in [-0.4, -0.2) is 11.9 Å². The number of rotatable bonds is 2. The zero-order valence-corrected chi connectivity index (χ0v) is 12.8. The highest BCUT2D eigenvalue weighted by molar-refractivity contribution is 5.96. The lowest BCUT2D eigenvalue weighted by Crippen LogP contribution is -2.43. The van der Waals surface area contributed by atoms with Crippen LogP contribution in [0.1, 0.15) is 48.0 Å². The maximum atomic E-state index is 13.1. The Morgan fingerprint density at radius 1 is 1.04 bits per heavy atom. The summed E-state index contributed by atoms with van der Waals surface area (Å²) in [6.45, 7) is 0. The smallest absolute Gasteiger partial charge is 0.349 e. The van der Waals surface area contributed by atoms with Crippen molar-refractivity contribution >= 4 is 5.91 Å². The molecule has 1 N–H and O–H groups in total. The van der Waals surface area contributed by atoms with Crippen LogP contribution in [0.4, 0.5) is 13.2 Å². The van der Waals surface area contributed by atoms with Gasteiger partial charge in [-0.15, -0.1) is 0 Å². The first kappa shape index (κ1) is 15.0. The lowest BCUT2D eigenvalue weighted by Gasteiger charge is -2.32. The van der Waals surface area contributed by atoms with E-state index in [1.807, 2.05) is 0 Å². The van der Waals surface area contributed by atoms with E-state index in [0.29, 0.717) is 17.8 Å². The fourth-order valence-electron chi connectivity index (χ4n) is 5.41. The molecule has 5 heteroatoms. The summed E-state index contributed by atoms with van der Waals surface area (Å²) >= 11 is 0. The van der Waals surface area contributed by atoms with Crippen LogP contribution >= 0.6 is 0 Å². The molecule has 3 saturated carbocycles. The van der Waals surface area contributed by atoms with Crippen molar-refractivity contribution in [2.24, 2.45) is 23.7 Å². The fourth-order valence-corrected chi connectivity index (χ4v) is 5.41. The summed E-state index contributed by atoms with van der Waals surface area (Å²) < 4.78 is 39.2. The maximum Gasteiger partial charge on any atom is 0.417 e. The molecule has 0 aliphatic heterocycles. The van der Waals surface area contributed by atoms with Gasteiger partial charge in [-0.25, -0.2) is 0 Å². The number of fused-ring (bicyclic) bond motifs is 5. The molecule has 0 radical (unpaired) electrons. The molecule has 0 spiro atoms. The number of carbonyl (C=O) groups excluding carboxylic acids is 1. The summed E-state index contributed by atoms with van der Waals surface area (Å²) in [5.74, 6) is 2.03. The molecule has 3 aliphatic carbocycles. The van der Waals surface area contributed by atoms with E-state index in [9.17, 15) is 18.0 Å². The van der Waals surface area contributed by atoms with Crippen LogP contribution in [0.5, 0.6) is 0 Å². The van der Waals surface area contributed by atoms with Crippen molar-refractivity contribution in [3.8, 4) is 0 Å². The van der Waals surface area contributed by atoms with Gasteiger partial charge in [-0.3, -0.25) is 4.79 Å². The number of hydrogen-bond donors (Lipinski definition) is 1. The van der Waals surface area contributed by atoms with Crippen LogP contribution < -0.4 is 5.32 Å². The van der Waals surface area contributed by atoms with Crippen molar-refractivity contribution in [3.05, 3.63) is 35.4 Å². The van der Waals surface area contributed by atoms with Gasteiger partial charge in [0, 0.05) is 6.04 Å². The third-order valence-corrected chi connectivity index (χ3v) is 6.22. The molecule has 4 rings (SSSR count). The van der Waals surface area contributed by atoms with Crippen LogP contribution in [0.25, 0.3) is 0 Å². The maximum absolute atomic E-state index is 13.1. The van der Waals surface area contributed by atoms with Crippen molar-refractivity contribution in [1.82, 2.24) is 5.32 Å². The average Bonchev–Trinajstić information content (AvgIpc) is 3.18. The summed E-state index contributed by atoms with van der Waals surface area (Å²) in [5.41, 5.74) is -1.11. The summed E-state index contributed by atoms with van der Waals surface area (Å²) in [5, 5.41) is 2.91. The minimum absolute atomic E-state index is 0.0492. The number of benzene rings is 1. The number of alkyl halides is 3. The molecule has 1 aromatic rings. The first-order chi connectivity index (χ1) is 10.9. The Labute approximate surface area is 133 Å².